The predicted molar refractivity (Wildman–Crippen MR) is 98.3 cm³/mol. The van der Waals surface area contributed by atoms with Crippen LogP contribution < -0.4 is 10.6 Å². The molecule has 0 radical (unpaired) electrons. The average molecular weight is 339 g/mol. The number of nitrogens with zero attached hydrogens (tertiary/aromatic N) is 4. The fourth-order valence-electron chi connectivity index (χ4n) is 2.77. The van der Waals surface area contributed by atoms with Gasteiger partial charge in [-0.2, -0.15) is 11.8 Å². The zero-order valence-corrected chi connectivity index (χ0v) is 15.3. The van der Waals surface area contributed by atoms with Crippen molar-refractivity contribution in [3.8, 4) is 0 Å². The zero-order chi connectivity index (χ0) is 16.3. The predicted octanol–water partition coefficient (Wildman–Crippen LogP) is 1.86. The molecule has 0 bridgehead atoms. The number of hydrogen-bond acceptors (Lipinski definition) is 4. The molecule has 0 saturated heterocycles. The summed E-state index contributed by atoms with van der Waals surface area (Å²) < 4.78 is 2.33. The van der Waals surface area contributed by atoms with Gasteiger partial charge in [-0.05, 0) is 32.4 Å². The summed E-state index contributed by atoms with van der Waals surface area (Å²) in [6.45, 7) is 5.83. The van der Waals surface area contributed by atoms with Crippen LogP contribution in [0.5, 0.6) is 0 Å². The SMILES string of the molecule is CCNC(=NCCCc1nnc2n1CCCCC2)NCCSC. The Morgan fingerprint density at radius 1 is 1.26 bits per heavy atom. The molecule has 2 rings (SSSR count). The minimum Gasteiger partial charge on any atom is -0.357 e. The maximum absolute atomic E-state index is 4.64. The van der Waals surface area contributed by atoms with Crippen molar-refractivity contribution in [2.24, 2.45) is 4.99 Å². The number of thioether (sulfide) groups is 1. The first-order valence-corrected chi connectivity index (χ1v) is 10.2. The number of fused-ring (bicyclic) bond motifs is 1. The van der Waals surface area contributed by atoms with Crippen LogP contribution in [0.15, 0.2) is 4.99 Å². The second-order valence-electron chi connectivity index (χ2n) is 5.78. The minimum atomic E-state index is 0.816. The van der Waals surface area contributed by atoms with Crippen molar-refractivity contribution in [2.45, 2.75) is 52.0 Å². The van der Waals surface area contributed by atoms with Gasteiger partial charge in [-0.3, -0.25) is 4.99 Å². The largest absolute Gasteiger partial charge is 0.357 e. The van der Waals surface area contributed by atoms with Gasteiger partial charge in [0, 0.05) is 44.8 Å². The number of hydrogen-bond donors (Lipinski definition) is 2. The molecule has 1 aliphatic heterocycles. The highest BCUT2D eigenvalue weighted by Gasteiger charge is 2.13. The van der Waals surface area contributed by atoms with E-state index in [2.05, 4.69) is 43.6 Å². The molecule has 1 aliphatic rings. The lowest BCUT2D eigenvalue weighted by Crippen LogP contribution is -2.38. The maximum Gasteiger partial charge on any atom is 0.191 e. The lowest BCUT2D eigenvalue weighted by atomic mass is 10.2. The van der Waals surface area contributed by atoms with Crippen LogP contribution in [0, 0.1) is 0 Å². The average Bonchev–Trinajstić information content (AvgIpc) is 2.79. The molecular weight excluding hydrogens is 308 g/mol. The van der Waals surface area contributed by atoms with E-state index in [4.69, 9.17) is 0 Å². The first-order valence-electron chi connectivity index (χ1n) is 8.77. The molecular formula is C16H30N6S. The van der Waals surface area contributed by atoms with E-state index in [-0.39, 0.29) is 0 Å². The Labute approximate surface area is 143 Å². The van der Waals surface area contributed by atoms with Gasteiger partial charge in [-0.15, -0.1) is 10.2 Å². The molecule has 0 fully saturated rings. The molecule has 1 aromatic heterocycles. The Morgan fingerprint density at radius 3 is 3.00 bits per heavy atom. The maximum atomic E-state index is 4.64. The van der Waals surface area contributed by atoms with Crippen LogP contribution in [-0.2, 0) is 19.4 Å². The normalized spacial score (nSPS) is 15.1. The third-order valence-corrected chi connectivity index (χ3v) is 4.57. The summed E-state index contributed by atoms with van der Waals surface area (Å²) in [5.41, 5.74) is 0. The Hall–Kier alpha value is -1.24. The van der Waals surface area contributed by atoms with Gasteiger partial charge in [0.05, 0.1) is 0 Å². The van der Waals surface area contributed by atoms with E-state index in [9.17, 15) is 0 Å². The number of guanidine groups is 1. The lowest BCUT2D eigenvalue weighted by Gasteiger charge is -2.10. The van der Waals surface area contributed by atoms with Gasteiger partial charge in [0.15, 0.2) is 5.96 Å². The number of aromatic nitrogens is 3. The smallest absolute Gasteiger partial charge is 0.191 e. The van der Waals surface area contributed by atoms with E-state index in [0.29, 0.717) is 0 Å². The van der Waals surface area contributed by atoms with Crippen molar-refractivity contribution in [2.75, 3.05) is 31.6 Å². The van der Waals surface area contributed by atoms with Crippen molar-refractivity contribution in [1.82, 2.24) is 25.4 Å². The number of aryl methyl sites for hydroxylation is 2. The summed E-state index contributed by atoms with van der Waals surface area (Å²) in [4.78, 5) is 4.64. The molecule has 1 aromatic rings. The van der Waals surface area contributed by atoms with Crippen LogP contribution in [0.1, 0.15) is 44.3 Å². The van der Waals surface area contributed by atoms with Gasteiger partial charge < -0.3 is 15.2 Å². The second-order valence-corrected chi connectivity index (χ2v) is 6.76. The number of nitrogens with one attached hydrogen (secondary N) is 2. The molecule has 0 amide bonds. The standard InChI is InChI=1S/C16H30N6S/c1-3-17-16(19-11-13-23-2)18-10-7-9-15-21-20-14-8-5-4-6-12-22(14)15/h3-13H2,1-2H3,(H2,17,18,19). The van der Waals surface area contributed by atoms with Gasteiger partial charge in [0.1, 0.15) is 11.6 Å². The number of rotatable bonds is 8. The Morgan fingerprint density at radius 2 is 2.17 bits per heavy atom. The molecule has 6 nitrogen and oxygen atoms in total. The topological polar surface area (TPSA) is 67.1 Å². The van der Waals surface area contributed by atoms with Crippen LogP contribution in [0.25, 0.3) is 0 Å². The molecule has 0 saturated carbocycles. The van der Waals surface area contributed by atoms with Crippen molar-refractivity contribution in [3.63, 3.8) is 0 Å². The highest BCUT2D eigenvalue weighted by Crippen LogP contribution is 2.15. The van der Waals surface area contributed by atoms with E-state index in [1.165, 1.54) is 25.1 Å². The monoisotopic (exact) mass is 338 g/mol. The molecule has 2 heterocycles. The summed E-state index contributed by atoms with van der Waals surface area (Å²) in [6.07, 6.45) is 8.97. The van der Waals surface area contributed by atoms with E-state index in [0.717, 1.165) is 63.0 Å². The molecule has 0 atom stereocenters. The molecule has 130 valence electrons. The summed E-state index contributed by atoms with van der Waals surface area (Å²) >= 11 is 1.84. The summed E-state index contributed by atoms with van der Waals surface area (Å²) in [7, 11) is 0. The summed E-state index contributed by atoms with van der Waals surface area (Å²) in [6, 6.07) is 0. The van der Waals surface area contributed by atoms with E-state index in [1.807, 2.05) is 11.8 Å². The van der Waals surface area contributed by atoms with Crippen molar-refractivity contribution < 1.29 is 0 Å². The van der Waals surface area contributed by atoms with Crippen LogP contribution in [0.3, 0.4) is 0 Å². The van der Waals surface area contributed by atoms with Crippen molar-refractivity contribution >= 4 is 17.7 Å². The molecule has 23 heavy (non-hydrogen) atoms. The van der Waals surface area contributed by atoms with Crippen LogP contribution in [0.4, 0.5) is 0 Å². The molecule has 0 aliphatic carbocycles. The summed E-state index contributed by atoms with van der Waals surface area (Å²) in [5.74, 6) is 4.32. The second kappa shape index (κ2) is 10.5. The molecule has 0 aromatic carbocycles. The van der Waals surface area contributed by atoms with Gasteiger partial charge in [0.25, 0.3) is 0 Å². The van der Waals surface area contributed by atoms with Gasteiger partial charge in [-0.25, -0.2) is 0 Å². The quantitative estimate of drug-likeness (QED) is 0.430. The fraction of sp³-hybridized carbons (Fsp3) is 0.812. The molecule has 7 heteroatoms. The zero-order valence-electron chi connectivity index (χ0n) is 14.5. The van der Waals surface area contributed by atoms with Gasteiger partial charge in [0.2, 0.25) is 0 Å². The van der Waals surface area contributed by atoms with E-state index >= 15 is 0 Å². The van der Waals surface area contributed by atoms with Crippen LogP contribution in [0.2, 0.25) is 0 Å². The highest BCUT2D eigenvalue weighted by molar-refractivity contribution is 7.98. The van der Waals surface area contributed by atoms with Gasteiger partial charge >= 0.3 is 0 Å². The lowest BCUT2D eigenvalue weighted by molar-refractivity contribution is 0.597. The van der Waals surface area contributed by atoms with Gasteiger partial charge in [-0.1, -0.05) is 6.42 Å². The summed E-state index contributed by atoms with van der Waals surface area (Å²) in [5, 5.41) is 15.4. The van der Waals surface area contributed by atoms with E-state index < -0.39 is 0 Å². The Kier molecular flexibility index (Phi) is 8.28. The third-order valence-electron chi connectivity index (χ3n) is 3.96. The fourth-order valence-corrected chi connectivity index (χ4v) is 3.08. The van der Waals surface area contributed by atoms with Crippen LogP contribution >= 0.6 is 11.8 Å². The first-order chi connectivity index (χ1) is 11.3. The Balaban J connectivity index is 1.79. The van der Waals surface area contributed by atoms with E-state index in [1.54, 1.807) is 0 Å². The number of aliphatic imine (C=N–C) groups is 1. The molecule has 0 spiro atoms. The van der Waals surface area contributed by atoms with Crippen molar-refractivity contribution in [3.05, 3.63) is 11.6 Å². The Bertz CT molecular complexity index is 485. The van der Waals surface area contributed by atoms with Crippen LogP contribution in [-0.4, -0.2) is 52.4 Å². The minimum absolute atomic E-state index is 0.816. The third kappa shape index (κ3) is 6.05. The molecule has 0 unspecified atom stereocenters. The highest BCUT2D eigenvalue weighted by atomic mass is 32.2. The molecule has 2 N–H and O–H groups in total. The first kappa shape index (κ1) is 18.1. The van der Waals surface area contributed by atoms with Crippen molar-refractivity contribution in [1.29, 1.82) is 0 Å².